The molecule has 3 heterocycles. The molecule has 1 spiro atoms. The summed E-state index contributed by atoms with van der Waals surface area (Å²) in [5, 5.41) is 13.0. The number of alkyl halides is 2. The summed E-state index contributed by atoms with van der Waals surface area (Å²) in [6, 6.07) is 10.7. The summed E-state index contributed by atoms with van der Waals surface area (Å²) in [6.45, 7) is 2.12. The van der Waals surface area contributed by atoms with Crippen LogP contribution in [0.1, 0.15) is 59.2 Å². The van der Waals surface area contributed by atoms with Gasteiger partial charge in [0, 0.05) is 59.9 Å². The van der Waals surface area contributed by atoms with E-state index in [0.29, 0.717) is 33.3 Å². The molecule has 1 aromatic heterocycles. The molecule has 2 aromatic carbocycles. The topological polar surface area (TPSA) is 85.8 Å². The van der Waals surface area contributed by atoms with Crippen molar-refractivity contribution >= 4 is 62.4 Å². The molecule has 1 amide bonds. The van der Waals surface area contributed by atoms with Crippen molar-refractivity contribution in [1.29, 1.82) is 0 Å². The maximum Gasteiger partial charge on any atom is 0.337 e. The Morgan fingerprint density at radius 3 is 2.23 bits per heavy atom. The molecule has 0 atom stereocenters. The summed E-state index contributed by atoms with van der Waals surface area (Å²) in [6.07, 6.45) is 5.61. The average Bonchev–Trinajstić information content (AvgIpc) is 3.66. The number of hydrogen-bond acceptors (Lipinski definition) is 5. The normalized spacial score (nSPS) is 19.8. The minimum Gasteiger partial charge on any atom is -0.478 e. The van der Waals surface area contributed by atoms with Gasteiger partial charge in [0.25, 0.3) is 11.8 Å². The fourth-order valence-electron chi connectivity index (χ4n) is 5.79. The fraction of sp³-hybridized carbons (Fsp3) is 0.414. The molecule has 3 aliphatic rings. The predicted octanol–water partition coefficient (Wildman–Crippen LogP) is 6.41. The molecule has 2 N–H and O–H groups in total. The summed E-state index contributed by atoms with van der Waals surface area (Å²) >= 11 is 2.26. The Morgan fingerprint density at radius 1 is 0.897 bits per heavy atom. The number of pyridine rings is 1. The number of halogens is 3. The molecule has 39 heavy (non-hydrogen) atoms. The van der Waals surface area contributed by atoms with Crippen molar-refractivity contribution in [2.75, 3.05) is 41.3 Å². The van der Waals surface area contributed by atoms with Crippen LogP contribution in [0.2, 0.25) is 0 Å². The van der Waals surface area contributed by atoms with Crippen LogP contribution >= 0.6 is 22.6 Å². The molecular weight excluding hydrogens is 617 g/mol. The van der Waals surface area contributed by atoms with Gasteiger partial charge >= 0.3 is 5.97 Å². The lowest BCUT2D eigenvalue weighted by Gasteiger charge is -2.35. The second-order valence-electron chi connectivity index (χ2n) is 11.0. The number of aromatic nitrogens is 1. The fourth-order valence-corrected chi connectivity index (χ4v) is 6.27. The standard InChI is InChI=1S/C29H29F2IN4O3/c30-29(31)7-11-36(12-8-29)24-16-21(14-18-13-19(27(38)39)17-33-25(18)24)34-26(37)22-2-1-20(32)15-23(22)35-9-5-28(3-4-28)6-10-35/h1-2,13-17H,3-12H2,(H,34,37)(H,38,39). The molecule has 6 rings (SSSR count). The van der Waals surface area contributed by atoms with E-state index in [1.165, 1.54) is 25.1 Å². The summed E-state index contributed by atoms with van der Waals surface area (Å²) in [5.41, 5.74) is 3.58. The van der Waals surface area contributed by atoms with Gasteiger partial charge in [-0.2, -0.15) is 0 Å². The third kappa shape index (κ3) is 5.39. The number of fused-ring (bicyclic) bond motifs is 1. The van der Waals surface area contributed by atoms with Crippen LogP contribution in [-0.4, -0.2) is 54.1 Å². The van der Waals surface area contributed by atoms with Crippen LogP contribution in [0.3, 0.4) is 0 Å². The van der Waals surface area contributed by atoms with Crippen molar-refractivity contribution in [2.24, 2.45) is 5.41 Å². The Labute approximate surface area is 238 Å². The lowest BCUT2D eigenvalue weighted by atomic mass is 9.93. The minimum atomic E-state index is -2.71. The van der Waals surface area contributed by atoms with Crippen LogP contribution in [0.15, 0.2) is 42.6 Å². The van der Waals surface area contributed by atoms with Gasteiger partial charge in [-0.1, -0.05) is 0 Å². The monoisotopic (exact) mass is 646 g/mol. The van der Waals surface area contributed by atoms with E-state index in [-0.39, 0.29) is 37.4 Å². The minimum absolute atomic E-state index is 0.0144. The summed E-state index contributed by atoms with van der Waals surface area (Å²) < 4.78 is 28.8. The number of rotatable bonds is 5. The van der Waals surface area contributed by atoms with Crippen LogP contribution in [0.5, 0.6) is 0 Å². The molecule has 10 heteroatoms. The molecule has 1 aliphatic carbocycles. The summed E-state index contributed by atoms with van der Waals surface area (Å²) in [5.74, 6) is -4.10. The first-order chi connectivity index (χ1) is 18.6. The zero-order valence-electron chi connectivity index (χ0n) is 21.4. The summed E-state index contributed by atoms with van der Waals surface area (Å²) in [7, 11) is 0. The highest BCUT2D eigenvalue weighted by Gasteiger charge is 2.44. The van der Waals surface area contributed by atoms with E-state index in [0.717, 1.165) is 35.2 Å². The third-order valence-electron chi connectivity index (χ3n) is 8.43. The van der Waals surface area contributed by atoms with E-state index in [1.807, 2.05) is 23.1 Å². The molecule has 2 saturated heterocycles. The van der Waals surface area contributed by atoms with Gasteiger partial charge in [0.15, 0.2) is 0 Å². The molecule has 2 aliphatic heterocycles. The Balaban J connectivity index is 1.33. The number of carbonyl (C=O) groups is 2. The quantitative estimate of drug-likeness (QED) is 0.312. The first-order valence-electron chi connectivity index (χ1n) is 13.3. The molecule has 3 fully saturated rings. The molecular formula is C29H29F2IN4O3. The second kappa shape index (κ2) is 9.87. The highest BCUT2D eigenvalue weighted by molar-refractivity contribution is 14.1. The van der Waals surface area contributed by atoms with Crippen LogP contribution in [0.25, 0.3) is 10.9 Å². The van der Waals surface area contributed by atoms with Gasteiger partial charge in [0.1, 0.15) is 0 Å². The molecule has 0 bridgehead atoms. The van der Waals surface area contributed by atoms with Crippen LogP contribution < -0.4 is 15.1 Å². The van der Waals surface area contributed by atoms with Gasteiger partial charge in [-0.3, -0.25) is 9.78 Å². The third-order valence-corrected chi connectivity index (χ3v) is 9.10. The van der Waals surface area contributed by atoms with E-state index < -0.39 is 11.9 Å². The van der Waals surface area contributed by atoms with E-state index >= 15 is 0 Å². The maximum atomic E-state index is 13.9. The number of piperidine rings is 2. The van der Waals surface area contributed by atoms with Crippen LogP contribution in [-0.2, 0) is 0 Å². The number of aromatic carboxylic acids is 1. The number of hydrogen-bond donors (Lipinski definition) is 2. The van der Waals surface area contributed by atoms with E-state index in [4.69, 9.17) is 0 Å². The summed E-state index contributed by atoms with van der Waals surface area (Å²) in [4.78, 5) is 33.7. The van der Waals surface area contributed by atoms with Crippen molar-refractivity contribution in [3.8, 4) is 0 Å². The van der Waals surface area contributed by atoms with Crippen molar-refractivity contribution in [3.63, 3.8) is 0 Å². The maximum absolute atomic E-state index is 13.9. The van der Waals surface area contributed by atoms with Gasteiger partial charge < -0.3 is 20.2 Å². The smallest absolute Gasteiger partial charge is 0.337 e. The predicted molar refractivity (Wildman–Crippen MR) is 155 cm³/mol. The number of nitrogens with zero attached hydrogens (tertiary/aromatic N) is 3. The van der Waals surface area contributed by atoms with E-state index in [9.17, 15) is 23.5 Å². The SMILES string of the molecule is O=C(O)c1cnc2c(N3CCC(F)(F)CC3)cc(NC(=O)c3ccc(I)cc3N3CCC4(CC3)CC4)cc2c1. The Hall–Kier alpha value is -3.02. The Morgan fingerprint density at radius 2 is 1.56 bits per heavy atom. The first kappa shape index (κ1) is 26.2. The zero-order valence-corrected chi connectivity index (χ0v) is 23.5. The van der Waals surface area contributed by atoms with Gasteiger partial charge in [-0.05, 0) is 90.1 Å². The lowest BCUT2D eigenvalue weighted by molar-refractivity contribution is -0.0220. The molecule has 0 radical (unpaired) electrons. The largest absolute Gasteiger partial charge is 0.478 e. The van der Waals surface area contributed by atoms with Gasteiger partial charge in [-0.15, -0.1) is 0 Å². The lowest BCUT2D eigenvalue weighted by Crippen LogP contribution is -2.39. The Kier molecular flexibility index (Phi) is 6.63. The van der Waals surface area contributed by atoms with Crippen molar-refractivity contribution in [1.82, 2.24) is 4.98 Å². The first-order valence-corrected chi connectivity index (χ1v) is 14.4. The van der Waals surface area contributed by atoms with Crippen molar-refractivity contribution in [3.05, 3.63) is 57.3 Å². The second-order valence-corrected chi connectivity index (χ2v) is 12.3. The number of benzene rings is 2. The van der Waals surface area contributed by atoms with Crippen molar-refractivity contribution in [2.45, 2.75) is 44.4 Å². The van der Waals surface area contributed by atoms with Crippen molar-refractivity contribution < 1.29 is 23.5 Å². The zero-order chi connectivity index (χ0) is 27.4. The highest BCUT2D eigenvalue weighted by Crippen LogP contribution is 2.54. The van der Waals surface area contributed by atoms with Gasteiger partial charge in [0.05, 0.1) is 28.0 Å². The van der Waals surface area contributed by atoms with Crippen LogP contribution in [0, 0.1) is 8.99 Å². The molecule has 204 valence electrons. The van der Waals surface area contributed by atoms with Crippen LogP contribution in [0.4, 0.5) is 25.8 Å². The number of anilines is 3. The molecule has 3 aromatic rings. The highest BCUT2D eigenvalue weighted by atomic mass is 127. The van der Waals surface area contributed by atoms with Gasteiger partial charge in [0.2, 0.25) is 0 Å². The molecule has 0 unspecified atom stereocenters. The molecule has 1 saturated carbocycles. The number of carboxylic acid groups (broad SMARTS) is 1. The number of carbonyl (C=O) groups excluding carboxylic acids is 1. The molecule has 7 nitrogen and oxygen atoms in total. The number of amides is 1. The van der Waals surface area contributed by atoms with Gasteiger partial charge in [-0.25, -0.2) is 13.6 Å². The number of nitrogens with one attached hydrogen (secondary N) is 1. The average molecular weight is 646 g/mol. The van der Waals surface area contributed by atoms with E-state index in [1.54, 1.807) is 12.1 Å². The van der Waals surface area contributed by atoms with E-state index in [2.05, 4.69) is 37.8 Å². The number of carboxylic acids is 1. The Bertz CT molecular complexity index is 1460.